The zero-order chi connectivity index (χ0) is 13.8. The van der Waals surface area contributed by atoms with Crippen LogP contribution in [0.1, 0.15) is 25.3 Å². The van der Waals surface area contributed by atoms with Gasteiger partial charge in [-0.25, -0.2) is 0 Å². The van der Waals surface area contributed by atoms with E-state index in [0.717, 1.165) is 17.1 Å². The van der Waals surface area contributed by atoms with E-state index in [-0.39, 0.29) is 0 Å². The summed E-state index contributed by atoms with van der Waals surface area (Å²) in [6, 6.07) is 14.0. The minimum absolute atomic E-state index is 0.543. The van der Waals surface area contributed by atoms with Gasteiger partial charge in [-0.15, -0.1) is 0 Å². The molecule has 0 bridgehead atoms. The second-order valence-electron chi connectivity index (χ2n) is 4.90. The predicted molar refractivity (Wildman–Crippen MR) is 81.2 cm³/mol. The molecule has 0 fully saturated rings. The third-order valence-corrected chi connectivity index (χ3v) is 3.03. The summed E-state index contributed by atoms with van der Waals surface area (Å²) in [5.74, 6) is 1.29. The summed E-state index contributed by atoms with van der Waals surface area (Å²) in [5, 5.41) is 3.33. The van der Waals surface area contributed by atoms with Crippen LogP contribution in [0.25, 0.3) is 0 Å². The van der Waals surface area contributed by atoms with Crippen molar-refractivity contribution >= 4 is 17.1 Å². The fourth-order valence-electron chi connectivity index (χ4n) is 1.93. The molecular formula is C16H20N2O. The maximum atomic E-state index is 5.83. The van der Waals surface area contributed by atoms with E-state index in [2.05, 4.69) is 43.4 Å². The smallest absolute Gasteiger partial charge is 0.122 e. The molecule has 0 aliphatic heterocycles. The fourth-order valence-corrected chi connectivity index (χ4v) is 1.93. The topological polar surface area (TPSA) is 47.3 Å². The van der Waals surface area contributed by atoms with Gasteiger partial charge >= 0.3 is 0 Å². The molecular weight excluding hydrogens is 236 g/mol. The van der Waals surface area contributed by atoms with Crippen molar-refractivity contribution in [3.05, 3.63) is 48.0 Å². The highest BCUT2D eigenvalue weighted by Crippen LogP contribution is 2.26. The SMILES string of the molecule is COc1cc(N)cc(Nc2ccc(C(C)C)cc2)c1. The molecule has 0 aliphatic rings. The lowest BCUT2D eigenvalue weighted by Gasteiger charge is -2.11. The maximum absolute atomic E-state index is 5.83. The molecule has 0 heterocycles. The lowest BCUT2D eigenvalue weighted by atomic mass is 10.0. The summed E-state index contributed by atoms with van der Waals surface area (Å²) in [5.41, 5.74) is 9.81. The van der Waals surface area contributed by atoms with Gasteiger partial charge < -0.3 is 15.8 Å². The highest BCUT2D eigenvalue weighted by Gasteiger charge is 2.02. The van der Waals surface area contributed by atoms with Crippen LogP contribution in [0.3, 0.4) is 0 Å². The first-order valence-electron chi connectivity index (χ1n) is 6.40. The minimum Gasteiger partial charge on any atom is -0.497 e. The Morgan fingerprint density at radius 2 is 1.68 bits per heavy atom. The lowest BCUT2D eigenvalue weighted by Crippen LogP contribution is -1.95. The molecule has 0 amide bonds. The molecule has 0 aromatic heterocycles. The molecule has 0 aliphatic carbocycles. The average Bonchev–Trinajstić information content (AvgIpc) is 2.38. The van der Waals surface area contributed by atoms with Gasteiger partial charge in [0, 0.05) is 29.2 Å². The normalized spacial score (nSPS) is 10.5. The lowest BCUT2D eigenvalue weighted by molar-refractivity contribution is 0.415. The van der Waals surface area contributed by atoms with E-state index >= 15 is 0 Å². The van der Waals surface area contributed by atoms with E-state index < -0.39 is 0 Å². The van der Waals surface area contributed by atoms with Crippen molar-refractivity contribution in [3.63, 3.8) is 0 Å². The highest BCUT2D eigenvalue weighted by molar-refractivity contribution is 5.66. The third kappa shape index (κ3) is 3.41. The molecule has 2 rings (SSSR count). The van der Waals surface area contributed by atoms with E-state index in [1.807, 2.05) is 12.1 Å². The van der Waals surface area contributed by atoms with Gasteiger partial charge in [-0.1, -0.05) is 26.0 Å². The van der Waals surface area contributed by atoms with Crippen molar-refractivity contribution in [2.24, 2.45) is 0 Å². The first-order chi connectivity index (χ1) is 9.08. The quantitative estimate of drug-likeness (QED) is 0.808. The summed E-state index contributed by atoms with van der Waals surface area (Å²) in [7, 11) is 1.63. The molecule has 2 aromatic rings. The Bertz CT molecular complexity index is 547. The summed E-state index contributed by atoms with van der Waals surface area (Å²) in [4.78, 5) is 0. The summed E-state index contributed by atoms with van der Waals surface area (Å²) in [6.07, 6.45) is 0. The van der Waals surface area contributed by atoms with Gasteiger partial charge in [0.15, 0.2) is 0 Å². The van der Waals surface area contributed by atoms with Crippen LogP contribution in [0.15, 0.2) is 42.5 Å². The van der Waals surface area contributed by atoms with Crippen LogP contribution in [0.2, 0.25) is 0 Å². The molecule has 0 saturated heterocycles. The number of nitrogens with one attached hydrogen (secondary N) is 1. The molecule has 3 heteroatoms. The molecule has 3 nitrogen and oxygen atoms in total. The Labute approximate surface area is 114 Å². The number of methoxy groups -OCH3 is 1. The Morgan fingerprint density at radius 1 is 1.00 bits per heavy atom. The Kier molecular flexibility index (Phi) is 3.95. The van der Waals surface area contributed by atoms with E-state index in [4.69, 9.17) is 10.5 Å². The van der Waals surface area contributed by atoms with Crippen LogP contribution in [-0.4, -0.2) is 7.11 Å². The number of benzene rings is 2. The molecule has 0 unspecified atom stereocenters. The van der Waals surface area contributed by atoms with Gasteiger partial charge in [0.25, 0.3) is 0 Å². The molecule has 0 saturated carbocycles. The number of ether oxygens (including phenoxy) is 1. The third-order valence-electron chi connectivity index (χ3n) is 3.03. The molecule has 3 N–H and O–H groups in total. The number of nitrogens with two attached hydrogens (primary N) is 1. The summed E-state index contributed by atoms with van der Waals surface area (Å²) in [6.45, 7) is 4.37. The van der Waals surface area contributed by atoms with E-state index in [0.29, 0.717) is 11.6 Å². The fraction of sp³-hybridized carbons (Fsp3) is 0.250. The zero-order valence-electron chi connectivity index (χ0n) is 11.6. The van der Waals surface area contributed by atoms with E-state index in [9.17, 15) is 0 Å². The first kappa shape index (κ1) is 13.3. The summed E-state index contributed by atoms with van der Waals surface area (Å²) < 4.78 is 5.20. The number of hydrogen-bond acceptors (Lipinski definition) is 3. The van der Waals surface area contributed by atoms with Crippen LogP contribution in [0, 0.1) is 0 Å². The van der Waals surface area contributed by atoms with Crippen LogP contribution in [0.4, 0.5) is 17.1 Å². The van der Waals surface area contributed by atoms with E-state index in [1.54, 1.807) is 13.2 Å². The molecule has 0 radical (unpaired) electrons. The molecule has 2 aromatic carbocycles. The predicted octanol–water partition coefficient (Wildman–Crippen LogP) is 4.14. The molecule has 100 valence electrons. The van der Waals surface area contributed by atoms with Crippen molar-refractivity contribution in [1.29, 1.82) is 0 Å². The van der Waals surface area contributed by atoms with Crippen molar-refractivity contribution in [2.45, 2.75) is 19.8 Å². The van der Waals surface area contributed by atoms with Gasteiger partial charge in [-0.3, -0.25) is 0 Å². The number of hydrogen-bond donors (Lipinski definition) is 2. The molecule has 0 atom stereocenters. The highest BCUT2D eigenvalue weighted by atomic mass is 16.5. The van der Waals surface area contributed by atoms with Gasteiger partial charge in [-0.2, -0.15) is 0 Å². The standard InChI is InChI=1S/C16H20N2O/c1-11(2)12-4-6-14(7-5-12)18-15-8-13(17)9-16(10-15)19-3/h4-11,18H,17H2,1-3H3. The van der Waals surface area contributed by atoms with Crippen molar-refractivity contribution < 1.29 is 4.74 Å². The average molecular weight is 256 g/mol. The van der Waals surface area contributed by atoms with Crippen LogP contribution in [0.5, 0.6) is 5.75 Å². The van der Waals surface area contributed by atoms with Crippen molar-refractivity contribution in [3.8, 4) is 5.75 Å². The van der Waals surface area contributed by atoms with E-state index in [1.165, 1.54) is 5.56 Å². The van der Waals surface area contributed by atoms with Crippen molar-refractivity contribution in [1.82, 2.24) is 0 Å². The largest absolute Gasteiger partial charge is 0.497 e. The second-order valence-corrected chi connectivity index (χ2v) is 4.90. The minimum atomic E-state index is 0.543. The van der Waals surface area contributed by atoms with Gasteiger partial charge in [0.1, 0.15) is 5.75 Å². The van der Waals surface area contributed by atoms with Gasteiger partial charge in [-0.05, 0) is 29.7 Å². The second kappa shape index (κ2) is 5.65. The van der Waals surface area contributed by atoms with Crippen LogP contribution in [-0.2, 0) is 0 Å². The number of rotatable bonds is 4. The number of nitrogen functional groups attached to an aromatic ring is 1. The Balaban J connectivity index is 2.18. The molecule has 0 spiro atoms. The Morgan fingerprint density at radius 3 is 2.26 bits per heavy atom. The monoisotopic (exact) mass is 256 g/mol. The van der Waals surface area contributed by atoms with Gasteiger partial charge in [0.2, 0.25) is 0 Å². The zero-order valence-corrected chi connectivity index (χ0v) is 11.6. The Hall–Kier alpha value is -2.16. The van der Waals surface area contributed by atoms with Gasteiger partial charge in [0.05, 0.1) is 7.11 Å². The van der Waals surface area contributed by atoms with Crippen LogP contribution >= 0.6 is 0 Å². The van der Waals surface area contributed by atoms with Crippen molar-refractivity contribution in [2.75, 3.05) is 18.2 Å². The molecule has 19 heavy (non-hydrogen) atoms. The number of anilines is 3. The summed E-state index contributed by atoms with van der Waals surface area (Å²) >= 11 is 0. The maximum Gasteiger partial charge on any atom is 0.122 e. The van der Waals surface area contributed by atoms with Crippen LogP contribution < -0.4 is 15.8 Å². The first-order valence-corrected chi connectivity index (χ1v) is 6.40.